The van der Waals surface area contributed by atoms with Gasteiger partial charge < -0.3 is 4.74 Å². The van der Waals surface area contributed by atoms with Crippen LogP contribution in [0.5, 0.6) is 0 Å². The Labute approximate surface area is 96.3 Å². The van der Waals surface area contributed by atoms with E-state index in [0.29, 0.717) is 13.0 Å². The summed E-state index contributed by atoms with van der Waals surface area (Å²) < 4.78 is 4.91. The lowest BCUT2D eigenvalue weighted by Crippen LogP contribution is -2.24. The van der Waals surface area contributed by atoms with Gasteiger partial charge in [-0.2, -0.15) is 0 Å². The van der Waals surface area contributed by atoms with Crippen LogP contribution in [0.25, 0.3) is 0 Å². The zero-order chi connectivity index (χ0) is 10.3. The van der Waals surface area contributed by atoms with Gasteiger partial charge in [0.15, 0.2) is 17.4 Å². The molecule has 0 saturated heterocycles. The van der Waals surface area contributed by atoms with Crippen LogP contribution >= 0.6 is 0 Å². The number of carbonyl (C=O) groups is 2. The zero-order valence-electron chi connectivity index (χ0n) is 8.63. The van der Waals surface area contributed by atoms with E-state index in [9.17, 15) is 9.59 Å². The van der Waals surface area contributed by atoms with E-state index < -0.39 is 5.92 Å². The highest BCUT2D eigenvalue weighted by atomic mass is 27.0. The van der Waals surface area contributed by atoms with Crippen molar-refractivity contribution in [3.63, 3.8) is 0 Å². The van der Waals surface area contributed by atoms with Crippen molar-refractivity contribution < 1.29 is 14.3 Å². The predicted molar refractivity (Wildman–Crippen MR) is 60.3 cm³/mol. The summed E-state index contributed by atoms with van der Waals surface area (Å²) in [7, 11) is 0. The molecule has 0 amide bonds. The molecule has 3 nitrogen and oxygen atoms in total. The van der Waals surface area contributed by atoms with Gasteiger partial charge in [0, 0.05) is 0 Å². The molecule has 1 atom stereocenters. The quantitative estimate of drug-likeness (QED) is 0.374. The maximum atomic E-state index is 11.3. The van der Waals surface area contributed by atoms with Crippen molar-refractivity contribution in [2.45, 2.75) is 40.0 Å². The monoisotopic (exact) mass is 216 g/mol. The van der Waals surface area contributed by atoms with Crippen molar-refractivity contribution in [3.05, 3.63) is 0 Å². The van der Waals surface area contributed by atoms with Gasteiger partial charge in [-0.3, -0.25) is 9.59 Å². The average molecular weight is 216 g/mol. The molecule has 0 rings (SSSR count). The van der Waals surface area contributed by atoms with Crippen LogP contribution < -0.4 is 0 Å². The lowest BCUT2D eigenvalue weighted by atomic mass is 10.00. The normalized spacial score (nSPS) is 11.4. The van der Waals surface area contributed by atoms with Gasteiger partial charge in [0.2, 0.25) is 0 Å². The molecule has 1 unspecified atom stereocenters. The van der Waals surface area contributed by atoms with E-state index in [1.165, 1.54) is 6.92 Å². The van der Waals surface area contributed by atoms with Gasteiger partial charge in [-0.1, -0.05) is 20.3 Å². The highest BCUT2D eigenvalue weighted by molar-refractivity contribution is 5.97. The number of rotatable bonds is 6. The van der Waals surface area contributed by atoms with E-state index >= 15 is 0 Å². The summed E-state index contributed by atoms with van der Waals surface area (Å²) in [5, 5.41) is 0. The minimum Gasteiger partial charge on any atom is -0.465 e. The van der Waals surface area contributed by atoms with E-state index in [2.05, 4.69) is 0 Å². The largest absolute Gasteiger partial charge is 0.465 e. The Morgan fingerprint density at radius 2 is 1.79 bits per heavy atom. The first-order valence-corrected chi connectivity index (χ1v) is 4.80. The molecule has 0 spiro atoms. The zero-order valence-corrected chi connectivity index (χ0v) is 8.63. The fourth-order valence-electron chi connectivity index (χ4n) is 1.08. The minimum atomic E-state index is -0.545. The lowest BCUT2D eigenvalue weighted by Gasteiger charge is -2.11. The van der Waals surface area contributed by atoms with Crippen LogP contribution in [0.15, 0.2) is 0 Å². The summed E-state index contributed by atoms with van der Waals surface area (Å²) in [6.07, 6.45) is 2.21. The summed E-state index contributed by atoms with van der Waals surface area (Å²) >= 11 is 0. The van der Waals surface area contributed by atoms with E-state index in [-0.39, 0.29) is 29.1 Å². The number of hydrogen-bond acceptors (Lipinski definition) is 3. The Kier molecular flexibility index (Phi) is 10.6. The summed E-state index contributed by atoms with van der Waals surface area (Å²) in [5.74, 6) is -1.00. The summed E-state index contributed by atoms with van der Waals surface area (Å²) in [6.45, 7) is 5.72. The van der Waals surface area contributed by atoms with Crippen LogP contribution in [0.2, 0.25) is 0 Å². The van der Waals surface area contributed by atoms with Gasteiger partial charge in [0.05, 0.1) is 6.61 Å². The molecule has 0 aromatic carbocycles. The van der Waals surface area contributed by atoms with Crippen LogP contribution in [0.1, 0.15) is 40.0 Å². The number of esters is 1. The molecule has 0 radical (unpaired) electrons. The lowest BCUT2D eigenvalue weighted by molar-refractivity contribution is -0.151. The standard InChI is InChI=1S/C10H18O3.Al.3H/c1-4-6-9(8(3)11)10(12)13-7-5-2;;;;/h9H,4-7H2,1-3H3;;;;. The summed E-state index contributed by atoms with van der Waals surface area (Å²) in [5.41, 5.74) is 0. The summed E-state index contributed by atoms with van der Waals surface area (Å²) in [6, 6.07) is 0. The number of ketones is 1. The Morgan fingerprint density at radius 1 is 1.21 bits per heavy atom. The fourth-order valence-corrected chi connectivity index (χ4v) is 1.08. The smallest absolute Gasteiger partial charge is 0.316 e. The van der Waals surface area contributed by atoms with Gasteiger partial charge in [0.1, 0.15) is 11.7 Å². The molecule has 82 valence electrons. The Bertz CT molecular complexity index is 180. The first-order chi connectivity index (χ1) is 6.13. The van der Waals surface area contributed by atoms with Crippen LogP contribution in [-0.2, 0) is 14.3 Å². The molecular weight excluding hydrogens is 195 g/mol. The number of ether oxygens (including phenoxy) is 1. The molecule has 4 heteroatoms. The van der Waals surface area contributed by atoms with Crippen LogP contribution in [-0.4, -0.2) is 35.7 Å². The third-order valence-corrected chi connectivity index (χ3v) is 1.80. The van der Waals surface area contributed by atoms with E-state index in [0.717, 1.165) is 12.8 Å². The van der Waals surface area contributed by atoms with Crippen molar-refractivity contribution in [1.82, 2.24) is 0 Å². The molecule has 0 bridgehead atoms. The van der Waals surface area contributed by atoms with Crippen LogP contribution in [0.3, 0.4) is 0 Å². The maximum absolute atomic E-state index is 11.3. The van der Waals surface area contributed by atoms with E-state index in [4.69, 9.17) is 4.74 Å². The van der Waals surface area contributed by atoms with E-state index in [1.807, 2.05) is 13.8 Å². The van der Waals surface area contributed by atoms with Gasteiger partial charge in [-0.25, -0.2) is 0 Å². The second kappa shape index (κ2) is 9.24. The number of Topliss-reactive ketones (excluding diaryl/α,β-unsaturated/α-hetero) is 1. The van der Waals surface area contributed by atoms with Crippen molar-refractivity contribution >= 4 is 29.1 Å². The Hall–Kier alpha value is -0.328. The topological polar surface area (TPSA) is 43.4 Å². The molecule has 0 aromatic heterocycles. The van der Waals surface area contributed by atoms with Crippen LogP contribution in [0, 0.1) is 5.92 Å². The number of hydrogen-bond donors (Lipinski definition) is 0. The Balaban J connectivity index is 0. The highest BCUT2D eigenvalue weighted by Gasteiger charge is 2.23. The SMILES string of the molecule is CCCOC(=O)C(CCC)C(C)=O.[AlH3]. The minimum absolute atomic E-state index is 0. The number of carbonyl (C=O) groups excluding carboxylic acids is 2. The molecule has 0 aliphatic heterocycles. The van der Waals surface area contributed by atoms with Crippen LogP contribution in [0.4, 0.5) is 0 Å². The van der Waals surface area contributed by atoms with Gasteiger partial charge in [-0.15, -0.1) is 0 Å². The third-order valence-electron chi connectivity index (χ3n) is 1.80. The van der Waals surface area contributed by atoms with Crippen molar-refractivity contribution in [2.24, 2.45) is 5.92 Å². The third kappa shape index (κ3) is 6.18. The maximum Gasteiger partial charge on any atom is 0.316 e. The summed E-state index contributed by atoms with van der Waals surface area (Å²) in [4.78, 5) is 22.3. The van der Waals surface area contributed by atoms with Crippen molar-refractivity contribution in [1.29, 1.82) is 0 Å². The molecule has 0 heterocycles. The van der Waals surface area contributed by atoms with Gasteiger partial charge in [0.25, 0.3) is 0 Å². The second-order valence-corrected chi connectivity index (χ2v) is 3.12. The molecule has 0 aliphatic carbocycles. The molecule has 0 aliphatic rings. The predicted octanol–water partition coefficient (Wildman–Crippen LogP) is 0.761. The average Bonchev–Trinajstić information content (AvgIpc) is 2.09. The van der Waals surface area contributed by atoms with Gasteiger partial charge in [-0.05, 0) is 19.8 Å². The van der Waals surface area contributed by atoms with Crippen molar-refractivity contribution in [2.75, 3.05) is 6.61 Å². The molecule has 14 heavy (non-hydrogen) atoms. The fraction of sp³-hybridized carbons (Fsp3) is 0.800. The molecule has 0 aromatic rings. The molecule has 0 N–H and O–H groups in total. The second-order valence-electron chi connectivity index (χ2n) is 3.12. The first kappa shape index (κ1) is 16.1. The van der Waals surface area contributed by atoms with Gasteiger partial charge >= 0.3 is 5.97 Å². The molecule has 0 fully saturated rings. The van der Waals surface area contributed by atoms with E-state index in [1.54, 1.807) is 0 Å². The highest BCUT2D eigenvalue weighted by Crippen LogP contribution is 2.09. The molecule has 0 saturated carbocycles. The van der Waals surface area contributed by atoms with Crippen molar-refractivity contribution in [3.8, 4) is 0 Å². The first-order valence-electron chi connectivity index (χ1n) is 4.80. The Morgan fingerprint density at radius 3 is 2.14 bits per heavy atom. The molecular formula is C10H21AlO3.